The van der Waals surface area contributed by atoms with Crippen LogP contribution in [0.3, 0.4) is 0 Å². The van der Waals surface area contributed by atoms with Gasteiger partial charge >= 0.3 is 0 Å². The Morgan fingerprint density at radius 2 is 1.60 bits per heavy atom. The second-order valence-electron chi connectivity index (χ2n) is 11.3. The van der Waals surface area contributed by atoms with Gasteiger partial charge in [-0.15, -0.1) is 0 Å². The highest BCUT2D eigenvalue weighted by atomic mass is 16.2. The molecule has 1 fully saturated rings. The summed E-state index contributed by atoms with van der Waals surface area (Å²) in [6, 6.07) is 11.1. The van der Waals surface area contributed by atoms with E-state index in [0.29, 0.717) is 37.6 Å². The number of aldehydes is 1. The standard InChI is InChI=1S/C9H20.C8H11N3O2.C8H8O.C4H8O.C4H10.C2H6/c1-6-8(3)9(4,5)7-2;9-4-7(11-5-12)3-6-1-2-10-8(6)13;9-7-6-8-4-2-1-3-5-8;1-3-4(2)5;1-4(2)3;1-2/h8H,6-7H2,1-5H3;5-7H,1-3H2,(H,10,13)(H,11,12);1-5,7H,6H2;3H2,1-2H3;4H,1-3H3;1-2H3. The maximum Gasteiger partial charge on any atom is 0.223 e. The number of carbonyl (C=O) groups excluding carboxylic acids is 4. The van der Waals surface area contributed by atoms with E-state index in [1.165, 1.54) is 12.8 Å². The van der Waals surface area contributed by atoms with Crippen molar-refractivity contribution in [1.29, 1.82) is 5.26 Å². The molecule has 7 heteroatoms. The van der Waals surface area contributed by atoms with Crippen molar-refractivity contribution in [2.75, 3.05) is 6.54 Å². The highest BCUT2D eigenvalue weighted by molar-refractivity contribution is 5.80. The van der Waals surface area contributed by atoms with E-state index < -0.39 is 6.04 Å². The van der Waals surface area contributed by atoms with Gasteiger partial charge in [0.1, 0.15) is 18.1 Å². The lowest BCUT2D eigenvalue weighted by atomic mass is 9.77. The van der Waals surface area contributed by atoms with E-state index in [1.54, 1.807) is 6.92 Å². The minimum Gasteiger partial charge on any atom is -0.356 e. The fourth-order valence-electron chi connectivity index (χ4n) is 3.01. The average molecular weight is 590 g/mol. The summed E-state index contributed by atoms with van der Waals surface area (Å²) in [5.74, 6) is 1.80. The van der Waals surface area contributed by atoms with Crippen LogP contribution in [0, 0.1) is 34.5 Å². The Hall–Kier alpha value is -3.01. The Balaban J connectivity index is -0.000000223. The molecule has 3 unspecified atom stereocenters. The number of nitriles is 1. The van der Waals surface area contributed by atoms with Gasteiger partial charge in [-0.2, -0.15) is 5.26 Å². The molecule has 242 valence electrons. The predicted molar refractivity (Wildman–Crippen MR) is 177 cm³/mol. The summed E-state index contributed by atoms with van der Waals surface area (Å²) < 4.78 is 0. The van der Waals surface area contributed by atoms with E-state index in [4.69, 9.17) is 5.26 Å². The molecule has 0 bridgehead atoms. The van der Waals surface area contributed by atoms with Crippen molar-refractivity contribution in [2.45, 2.75) is 128 Å². The summed E-state index contributed by atoms with van der Waals surface area (Å²) in [5.41, 5.74) is 1.63. The Kier molecular flexibility index (Phi) is 33.9. The van der Waals surface area contributed by atoms with Crippen LogP contribution in [0.1, 0.15) is 121 Å². The van der Waals surface area contributed by atoms with Crippen LogP contribution in [0.25, 0.3) is 0 Å². The molecular formula is C35H63N3O4. The number of nitrogens with zero attached hydrogens (tertiary/aromatic N) is 1. The number of amides is 2. The van der Waals surface area contributed by atoms with Crippen LogP contribution in [0.15, 0.2) is 30.3 Å². The van der Waals surface area contributed by atoms with E-state index in [0.717, 1.165) is 30.1 Å². The van der Waals surface area contributed by atoms with Gasteiger partial charge in [-0.05, 0) is 42.6 Å². The Labute approximate surface area is 258 Å². The summed E-state index contributed by atoms with van der Waals surface area (Å²) in [5, 5.41) is 13.6. The monoisotopic (exact) mass is 589 g/mol. The smallest absolute Gasteiger partial charge is 0.223 e. The highest BCUT2D eigenvalue weighted by Gasteiger charge is 2.26. The minimum absolute atomic E-state index is 0.0204. The minimum atomic E-state index is -0.550. The number of nitrogens with one attached hydrogen (secondary N) is 2. The molecule has 3 atom stereocenters. The summed E-state index contributed by atoms with van der Waals surface area (Å²) >= 11 is 0. The van der Waals surface area contributed by atoms with Gasteiger partial charge in [-0.3, -0.25) is 9.59 Å². The van der Waals surface area contributed by atoms with Crippen molar-refractivity contribution in [3.05, 3.63) is 35.9 Å². The molecule has 1 heterocycles. The van der Waals surface area contributed by atoms with Crippen molar-refractivity contribution >= 4 is 24.4 Å². The normalized spacial score (nSPS) is 14.3. The van der Waals surface area contributed by atoms with Gasteiger partial charge in [0.05, 0.1) is 6.07 Å². The van der Waals surface area contributed by atoms with Gasteiger partial charge in [-0.1, -0.05) is 119 Å². The quantitative estimate of drug-likeness (QED) is 0.271. The maximum atomic E-state index is 11.1. The molecule has 0 radical (unpaired) electrons. The van der Waals surface area contributed by atoms with Crippen LogP contribution in [0.2, 0.25) is 0 Å². The first-order valence-corrected chi connectivity index (χ1v) is 15.6. The molecule has 7 nitrogen and oxygen atoms in total. The molecule has 1 aliphatic rings. The molecule has 1 aromatic rings. The second kappa shape index (κ2) is 30.9. The van der Waals surface area contributed by atoms with E-state index in [9.17, 15) is 19.2 Å². The number of rotatable bonds is 10. The van der Waals surface area contributed by atoms with E-state index >= 15 is 0 Å². The molecule has 42 heavy (non-hydrogen) atoms. The molecule has 1 saturated heterocycles. The lowest BCUT2D eigenvalue weighted by molar-refractivity contribution is -0.123. The van der Waals surface area contributed by atoms with Gasteiger partial charge in [0, 0.05) is 25.3 Å². The lowest BCUT2D eigenvalue weighted by Gasteiger charge is -2.29. The molecule has 0 saturated carbocycles. The largest absolute Gasteiger partial charge is 0.356 e. The van der Waals surface area contributed by atoms with Crippen LogP contribution in [-0.2, 0) is 25.6 Å². The van der Waals surface area contributed by atoms with Gasteiger partial charge in [0.15, 0.2) is 0 Å². The number of carbonyl (C=O) groups is 4. The second-order valence-corrected chi connectivity index (χ2v) is 11.3. The molecule has 2 rings (SSSR count). The lowest BCUT2D eigenvalue weighted by Crippen LogP contribution is -2.31. The first-order chi connectivity index (χ1) is 19.8. The number of hydrogen-bond acceptors (Lipinski definition) is 5. The molecular weight excluding hydrogens is 526 g/mol. The van der Waals surface area contributed by atoms with Gasteiger partial charge in [0.25, 0.3) is 0 Å². The van der Waals surface area contributed by atoms with E-state index in [-0.39, 0.29) is 17.6 Å². The average Bonchev–Trinajstić information content (AvgIpc) is 3.38. The van der Waals surface area contributed by atoms with Crippen LogP contribution in [0.4, 0.5) is 0 Å². The number of ketones is 1. The van der Waals surface area contributed by atoms with Gasteiger partial charge < -0.3 is 20.2 Å². The SMILES string of the molecule is CC.CC(C)C.CCC(C)=O.CCC(C)C(C)(C)CC.N#CC(CC1CCNC1=O)NC=O.O=CCc1ccccc1. The zero-order valence-electron chi connectivity index (χ0n) is 28.9. The van der Waals surface area contributed by atoms with Crippen LogP contribution in [-0.4, -0.2) is 37.0 Å². The predicted octanol–water partition coefficient (Wildman–Crippen LogP) is 7.72. The summed E-state index contributed by atoms with van der Waals surface area (Å²) in [4.78, 5) is 40.9. The summed E-state index contributed by atoms with van der Waals surface area (Å²) in [6.07, 6.45) is 6.35. The molecule has 0 aliphatic carbocycles. The van der Waals surface area contributed by atoms with E-state index in [1.807, 2.05) is 57.2 Å². The molecule has 2 amide bonds. The Morgan fingerprint density at radius 1 is 1.10 bits per heavy atom. The van der Waals surface area contributed by atoms with Gasteiger partial charge in [0.2, 0.25) is 12.3 Å². The molecule has 1 aromatic carbocycles. The van der Waals surface area contributed by atoms with Crippen molar-refractivity contribution in [1.82, 2.24) is 10.6 Å². The number of hydrogen-bond donors (Lipinski definition) is 2. The molecule has 0 aromatic heterocycles. The van der Waals surface area contributed by atoms with Crippen LogP contribution < -0.4 is 10.6 Å². The third kappa shape index (κ3) is 30.0. The van der Waals surface area contributed by atoms with Crippen molar-refractivity contribution in [3.63, 3.8) is 0 Å². The molecule has 2 N–H and O–H groups in total. The summed E-state index contributed by atoms with van der Waals surface area (Å²) in [6.45, 7) is 26.2. The fourth-order valence-corrected chi connectivity index (χ4v) is 3.01. The highest BCUT2D eigenvalue weighted by Crippen LogP contribution is 2.31. The van der Waals surface area contributed by atoms with Crippen molar-refractivity contribution < 1.29 is 19.2 Å². The molecule has 1 aliphatic heterocycles. The first-order valence-electron chi connectivity index (χ1n) is 15.6. The van der Waals surface area contributed by atoms with Crippen molar-refractivity contribution in [3.8, 4) is 6.07 Å². The van der Waals surface area contributed by atoms with E-state index in [2.05, 4.69) is 66.0 Å². The maximum absolute atomic E-state index is 11.1. The third-order valence-corrected chi connectivity index (χ3v) is 6.63. The zero-order valence-corrected chi connectivity index (χ0v) is 28.9. The van der Waals surface area contributed by atoms with Crippen molar-refractivity contribution in [2.24, 2.45) is 23.2 Å². The fraction of sp³-hybridized carbons (Fsp3) is 0.686. The van der Waals surface area contributed by atoms with Crippen LogP contribution in [0.5, 0.6) is 0 Å². The summed E-state index contributed by atoms with van der Waals surface area (Å²) in [7, 11) is 0. The Bertz CT molecular complexity index is 830. The third-order valence-electron chi connectivity index (χ3n) is 6.63. The topological polar surface area (TPSA) is 116 Å². The number of Topliss-reactive ketones (excluding diaryl/α,β-unsaturated/α-hetero) is 1. The molecule has 0 spiro atoms. The first kappa shape index (κ1) is 46.0. The van der Waals surface area contributed by atoms with Crippen LogP contribution >= 0.6 is 0 Å². The van der Waals surface area contributed by atoms with Gasteiger partial charge in [-0.25, -0.2) is 0 Å². The zero-order chi connectivity index (χ0) is 33.6. The Morgan fingerprint density at radius 3 is 1.88 bits per heavy atom. The number of benzene rings is 1.